The summed E-state index contributed by atoms with van der Waals surface area (Å²) < 4.78 is 4.65. The molecule has 0 unspecified atom stereocenters. The van der Waals surface area contributed by atoms with Crippen LogP contribution in [0.2, 0.25) is 0 Å². The first-order valence-corrected chi connectivity index (χ1v) is 9.50. The van der Waals surface area contributed by atoms with Crippen LogP contribution in [0.3, 0.4) is 0 Å². The SMILES string of the molecule is CCN(C(=O)c1cccc(NC(=O)c2ccc(C(=O)OC)cc2)c1)c1ccccc1. The Hall–Kier alpha value is -3.93. The number of benzene rings is 3. The van der Waals surface area contributed by atoms with Gasteiger partial charge in [-0.15, -0.1) is 0 Å². The smallest absolute Gasteiger partial charge is 0.337 e. The van der Waals surface area contributed by atoms with Crippen molar-refractivity contribution in [2.45, 2.75) is 6.92 Å². The van der Waals surface area contributed by atoms with Gasteiger partial charge in [-0.3, -0.25) is 9.59 Å². The summed E-state index contributed by atoms with van der Waals surface area (Å²) in [5.41, 5.74) is 2.54. The Bertz CT molecular complexity index is 1050. The highest BCUT2D eigenvalue weighted by Gasteiger charge is 2.17. The van der Waals surface area contributed by atoms with Crippen molar-refractivity contribution in [1.29, 1.82) is 0 Å². The van der Waals surface area contributed by atoms with Crippen LogP contribution in [0.5, 0.6) is 0 Å². The number of carbonyl (C=O) groups is 3. The minimum Gasteiger partial charge on any atom is -0.465 e. The van der Waals surface area contributed by atoms with Crippen LogP contribution >= 0.6 is 0 Å². The molecule has 0 aromatic heterocycles. The molecule has 0 aliphatic carbocycles. The third-order valence-corrected chi connectivity index (χ3v) is 4.56. The molecule has 0 aliphatic heterocycles. The van der Waals surface area contributed by atoms with Gasteiger partial charge in [-0.05, 0) is 61.5 Å². The van der Waals surface area contributed by atoms with Crippen molar-refractivity contribution in [1.82, 2.24) is 0 Å². The summed E-state index contributed by atoms with van der Waals surface area (Å²) in [6, 6.07) is 22.4. The van der Waals surface area contributed by atoms with Crippen LogP contribution in [-0.2, 0) is 4.74 Å². The number of hydrogen-bond donors (Lipinski definition) is 1. The topological polar surface area (TPSA) is 75.7 Å². The summed E-state index contributed by atoms with van der Waals surface area (Å²) in [7, 11) is 1.30. The molecule has 152 valence electrons. The molecule has 3 aromatic rings. The van der Waals surface area contributed by atoms with Crippen molar-refractivity contribution in [2.75, 3.05) is 23.9 Å². The minimum absolute atomic E-state index is 0.151. The Morgan fingerprint density at radius 3 is 2.13 bits per heavy atom. The van der Waals surface area contributed by atoms with E-state index in [1.165, 1.54) is 19.2 Å². The molecule has 0 saturated heterocycles. The van der Waals surface area contributed by atoms with Crippen LogP contribution in [0.1, 0.15) is 38.0 Å². The van der Waals surface area contributed by atoms with Gasteiger partial charge in [0.05, 0.1) is 12.7 Å². The molecule has 0 bridgehead atoms. The van der Waals surface area contributed by atoms with E-state index >= 15 is 0 Å². The first-order chi connectivity index (χ1) is 14.5. The zero-order chi connectivity index (χ0) is 21.5. The van der Waals surface area contributed by atoms with Gasteiger partial charge in [0.1, 0.15) is 0 Å². The second-order valence-corrected chi connectivity index (χ2v) is 6.49. The third-order valence-electron chi connectivity index (χ3n) is 4.56. The summed E-state index contributed by atoms with van der Waals surface area (Å²) in [6.07, 6.45) is 0. The highest BCUT2D eigenvalue weighted by molar-refractivity contribution is 6.08. The Kier molecular flexibility index (Phi) is 6.60. The zero-order valence-corrected chi connectivity index (χ0v) is 16.8. The molecular weight excluding hydrogens is 380 g/mol. The number of anilines is 2. The Morgan fingerprint density at radius 1 is 0.833 bits per heavy atom. The van der Waals surface area contributed by atoms with Crippen molar-refractivity contribution in [2.24, 2.45) is 0 Å². The van der Waals surface area contributed by atoms with E-state index in [0.29, 0.717) is 28.9 Å². The standard InChI is InChI=1S/C24H22N2O4/c1-3-26(21-10-5-4-6-11-21)23(28)19-8-7-9-20(16-19)25-22(27)17-12-14-18(15-13-17)24(29)30-2/h4-16H,3H2,1-2H3,(H,25,27). The largest absolute Gasteiger partial charge is 0.465 e. The fourth-order valence-corrected chi connectivity index (χ4v) is 3.02. The number of amides is 2. The van der Waals surface area contributed by atoms with Crippen LogP contribution in [0.25, 0.3) is 0 Å². The number of rotatable bonds is 6. The molecule has 1 N–H and O–H groups in total. The molecule has 0 fully saturated rings. The van der Waals surface area contributed by atoms with Crippen LogP contribution in [-0.4, -0.2) is 31.4 Å². The van der Waals surface area contributed by atoms with E-state index in [2.05, 4.69) is 10.1 Å². The lowest BCUT2D eigenvalue weighted by atomic mass is 10.1. The van der Waals surface area contributed by atoms with Crippen LogP contribution in [0.15, 0.2) is 78.9 Å². The zero-order valence-electron chi connectivity index (χ0n) is 16.8. The third kappa shape index (κ3) is 4.72. The maximum absolute atomic E-state index is 13.0. The van der Waals surface area contributed by atoms with Gasteiger partial charge >= 0.3 is 5.97 Å². The average Bonchev–Trinajstić information content (AvgIpc) is 2.80. The summed E-state index contributed by atoms with van der Waals surface area (Å²) in [5.74, 6) is -0.958. The van der Waals surface area contributed by atoms with Gasteiger partial charge in [-0.25, -0.2) is 4.79 Å². The van der Waals surface area contributed by atoms with Gasteiger partial charge in [-0.1, -0.05) is 24.3 Å². The molecule has 0 aliphatic rings. The van der Waals surface area contributed by atoms with E-state index in [1.807, 2.05) is 37.3 Å². The summed E-state index contributed by atoms with van der Waals surface area (Å²) in [4.78, 5) is 38.7. The number of methoxy groups -OCH3 is 1. The molecule has 0 heterocycles. The summed E-state index contributed by atoms with van der Waals surface area (Å²) in [5, 5.41) is 2.79. The number of nitrogens with one attached hydrogen (secondary N) is 1. The second kappa shape index (κ2) is 9.52. The molecule has 0 atom stereocenters. The molecule has 0 radical (unpaired) electrons. The van der Waals surface area contributed by atoms with Gasteiger partial charge in [0.15, 0.2) is 0 Å². The van der Waals surface area contributed by atoms with Crippen LogP contribution in [0, 0.1) is 0 Å². The van der Waals surface area contributed by atoms with Gasteiger partial charge in [-0.2, -0.15) is 0 Å². The quantitative estimate of drug-likeness (QED) is 0.621. The first-order valence-electron chi connectivity index (χ1n) is 9.50. The number of carbonyl (C=O) groups excluding carboxylic acids is 3. The normalized spacial score (nSPS) is 10.2. The predicted octanol–water partition coefficient (Wildman–Crippen LogP) is 4.39. The lowest BCUT2D eigenvalue weighted by Crippen LogP contribution is -2.30. The number of hydrogen-bond acceptors (Lipinski definition) is 4. The highest BCUT2D eigenvalue weighted by Crippen LogP contribution is 2.19. The highest BCUT2D eigenvalue weighted by atomic mass is 16.5. The number of esters is 1. The van der Waals surface area contributed by atoms with Gasteiger partial charge in [0, 0.05) is 29.0 Å². The molecular formula is C24H22N2O4. The molecule has 30 heavy (non-hydrogen) atoms. The lowest BCUT2D eigenvalue weighted by molar-refractivity contribution is 0.0600. The van der Waals surface area contributed by atoms with Crippen molar-refractivity contribution in [3.8, 4) is 0 Å². The first kappa shape index (κ1) is 20.8. The summed E-state index contributed by atoms with van der Waals surface area (Å²) in [6.45, 7) is 2.43. The van der Waals surface area contributed by atoms with Crippen molar-refractivity contribution in [3.05, 3.63) is 95.6 Å². The molecule has 6 nitrogen and oxygen atoms in total. The van der Waals surface area contributed by atoms with E-state index in [1.54, 1.807) is 41.3 Å². The van der Waals surface area contributed by atoms with Crippen LogP contribution < -0.4 is 10.2 Å². The monoisotopic (exact) mass is 402 g/mol. The van der Waals surface area contributed by atoms with Crippen molar-refractivity contribution < 1.29 is 19.1 Å². The molecule has 2 amide bonds. The Morgan fingerprint density at radius 2 is 1.50 bits per heavy atom. The van der Waals surface area contributed by atoms with Crippen molar-refractivity contribution >= 4 is 29.2 Å². The second-order valence-electron chi connectivity index (χ2n) is 6.49. The molecule has 3 aromatic carbocycles. The van der Waals surface area contributed by atoms with Gasteiger partial charge in [0.25, 0.3) is 11.8 Å². The van der Waals surface area contributed by atoms with E-state index < -0.39 is 5.97 Å². The fourth-order valence-electron chi connectivity index (χ4n) is 3.02. The van der Waals surface area contributed by atoms with Gasteiger partial charge in [0.2, 0.25) is 0 Å². The number of nitrogens with zero attached hydrogens (tertiary/aromatic N) is 1. The maximum atomic E-state index is 13.0. The Labute approximate surface area is 175 Å². The molecule has 3 rings (SSSR count). The van der Waals surface area contributed by atoms with Crippen molar-refractivity contribution in [3.63, 3.8) is 0 Å². The van der Waals surface area contributed by atoms with Crippen LogP contribution in [0.4, 0.5) is 11.4 Å². The Balaban J connectivity index is 1.75. The summed E-state index contributed by atoms with van der Waals surface area (Å²) >= 11 is 0. The molecule has 6 heteroatoms. The number of ether oxygens (including phenoxy) is 1. The van der Waals surface area contributed by atoms with E-state index in [0.717, 1.165) is 5.69 Å². The van der Waals surface area contributed by atoms with E-state index in [4.69, 9.17) is 0 Å². The predicted molar refractivity (Wildman–Crippen MR) is 116 cm³/mol. The average molecular weight is 402 g/mol. The fraction of sp³-hybridized carbons (Fsp3) is 0.125. The lowest BCUT2D eigenvalue weighted by Gasteiger charge is -2.21. The number of para-hydroxylation sites is 1. The van der Waals surface area contributed by atoms with E-state index in [9.17, 15) is 14.4 Å². The minimum atomic E-state index is -0.466. The molecule has 0 spiro atoms. The maximum Gasteiger partial charge on any atom is 0.337 e. The molecule has 0 saturated carbocycles. The van der Waals surface area contributed by atoms with Gasteiger partial charge < -0.3 is 15.0 Å². The van der Waals surface area contributed by atoms with E-state index in [-0.39, 0.29) is 11.8 Å².